The van der Waals surface area contributed by atoms with E-state index in [1.54, 1.807) is 23.5 Å². The molecule has 1 atom stereocenters. The quantitative estimate of drug-likeness (QED) is 0.670. The molecule has 0 unspecified atom stereocenters. The molecule has 1 aromatic heterocycles. The third-order valence-corrected chi connectivity index (χ3v) is 5.15. The van der Waals surface area contributed by atoms with Crippen molar-refractivity contribution in [3.05, 3.63) is 51.4 Å². The van der Waals surface area contributed by atoms with E-state index < -0.39 is 10.9 Å². The van der Waals surface area contributed by atoms with Crippen LogP contribution in [-0.4, -0.2) is 33.5 Å². The number of hydrogen-bond acceptors (Lipinski definition) is 5. The third kappa shape index (κ3) is 3.40. The Labute approximate surface area is 137 Å². The van der Waals surface area contributed by atoms with Gasteiger partial charge in [0.15, 0.2) is 0 Å². The van der Waals surface area contributed by atoms with Crippen molar-refractivity contribution >= 4 is 23.0 Å². The molecule has 1 N–H and O–H groups in total. The molecule has 1 aliphatic rings. The van der Waals surface area contributed by atoms with E-state index in [1.807, 2.05) is 17.0 Å². The summed E-state index contributed by atoms with van der Waals surface area (Å²) in [5, 5.41) is 19.9. The van der Waals surface area contributed by atoms with Crippen molar-refractivity contribution in [1.82, 2.24) is 4.90 Å². The van der Waals surface area contributed by atoms with E-state index >= 15 is 0 Å². The molecule has 0 radical (unpaired) electrons. The van der Waals surface area contributed by atoms with Gasteiger partial charge in [-0.2, -0.15) is 0 Å². The summed E-state index contributed by atoms with van der Waals surface area (Å²) in [5.41, 5.74) is 1.01. The van der Waals surface area contributed by atoms with Gasteiger partial charge in [0.25, 0.3) is 5.69 Å². The maximum Gasteiger partial charge on any atom is 0.320 e. The minimum atomic E-state index is -0.755. The Balaban J connectivity index is 1.73. The molecule has 3 rings (SSSR count). The number of carboxylic acids is 1. The van der Waals surface area contributed by atoms with Crippen LogP contribution < -0.4 is 0 Å². The number of non-ortho nitro benzene ring substituents is 1. The lowest BCUT2D eigenvalue weighted by molar-refractivity contribution is -0.384. The molecule has 0 aliphatic carbocycles. The van der Waals surface area contributed by atoms with Crippen molar-refractivity contribution in [3.8, 4) is 10.4 Å². The topological polar surface area (TPSA) is 83.7 Å². The minimum absolute atomic E-state index is 0.0758. The van der Waals surface area contributed by atoms with Gasteiger partial charge in [-0.15, -0.1) is 11.3 Å². The number of rotatable bonds is 5. The summed E-state index contributed by atoms with van der Waals surface area (Å²) in [6, 6.07) is 10.1. The van der Waals surface area contributed by atoms with Crippen molar-refractivity contribution in [2.24, 2.45) is 0 Å². The van der Waals surface area contributed by atoms with Gasteiger partial charge in [-0.1, -0.05) is 0 Å². The van der Waals surface area contributed by atoms with Crippen LogP contribution in [0.15, 0.2) is 36.4 Å². The van der Waals surface area contributed by atoms with E-state index in [-0.39, 0.29) is 11.7 Å². The minimum Gasteiger partial charge on any atom is -0.480 e. The molecule has 1 saturated heterocycles. The Hall–Kier alpha value is -2.25. The van der Waals surface area contributed by atoms with Crippen LogP contribution in [0.4, 0.5) is 5.69 Å². The summed E-state index contributed by atoms with van der Waals surface area (Å²) < 4.78 is 0. The third-order valence-electron chi connectivity index (χ3n) is 4.03. The van der Waals surface area contributed by atoms with E-state index in [4.69, 9.17) is 0 Å². The van der Waals surface area contributed by atoms with E-state index in [0.29, 0.717) is 13.0 Å². The first-order valence-corrected chi connectivity index (χ1v) is 8.16. The number of likely N-dealkylation sites (tertiary alicyclic amines) is 1. The van der Waals surface area contributed by atoms with Gasteiger partial charge < -0.3 is 5.11 Å². The molecule has 2 heterocycles. The molecule has 0 saturated carbocycles. The summed E-state index contributed by atoms with van der Waals surface area (Å²) in [6.45, 7) is 1.44. The lowest BCUT2D eigenvalue weighted by Crippen LogP contribution is -2.35. The van der Waals surface area contributed by atoms with Crippen LogP contribution in [-0.2, 0) is 11.3 Å². The van der Waals surface area contributed by atoms with E-state index in [0.717, 1.165) is 28.3 Å². The molecule has 0 bridgehead atoms. The van der Waals surface area contributed by atoms with Gasteiger partial charge >= 0.3 is 5.97 Å². The van der Waals surface area contributed by atoms with Gasteiger partial charge in [-0.05, 0) is 49.2 Å². The molecule has 120 valence electrons. The largest absolute Gasteiger partial charge is 0.480 e. The molecule has 6 nitrogen and oxygen atoms in total. The number of carboxylic acid groups (broad SMARTS) is 1. The number of thiophene rings is 1. The highest BCUT2D eigenvalue weighted by Gasteiger charge is 2.30. The zero-order valence-corrected chi connectivity index (χ0v) is 13.2. The maximum absolute atomic E-state index is 11.2. The average molecular weight is 332 g/mol. The van der Waals surface area contributed by atoms with Crippen molar-refractivity contribution in [2.45, 2.75) is 25.4 Å². The number of nitro groups is 1. The molecule has 1 fully saturated rings. The Morgan fingerprint density at radius 3 is 2.70 bits per heavy atom. The first-order valence-electron chi connectivity index (χ1n) is 7.35. The van der Waals surface area contributed by atoms with Crippen LogP contribution in [0, 0.1) is 10.1 Å². The van der Waals surface area contributed by atoms with Gasteiger partial charge in [0, 0.05) is 28.4 Å². The normalized spacial score (nSPS) is 18.2. The summed E-state index contributed by atoms with van der Waals surface area (Å²) in [4.78, 5) is 25.6. The molecule has 7 heteroatoms. The van der Waals surface area contributed by atoms with Crippen molar-refractivity contribution in [1.29, 1.82) is 0 Å². The second-order valence-electron chi connectivity index (χ2n) is 5.54. The number of hydrogen-bond donors (Lipinski definition) is 1. The van der Waals surface area contributed by atoms with Gasteiger partial charge in [0.05, 0.1) is 4.92 Å². The highest BCUT2D eigenvalue weighted by atomic mass is 32.1. The average Bonchev–Trinajstić information content (AvgIpc) is 3.17. The SMILES string of the molecule is O=C(O)[C@@H]1CCCN1Cc1ccc(-c2ccc([N+](=O)[O-])cc2)s1. The molecule has 0 spiro atoms. The van der Waals surface area contributed by atoms with Crippen LogP contribution in [0.5, 0.6) is 0 Å². The number of carbonyl (C=O) groups is 1. The standard InChI is InChI=1S/C16H16N2O4S/c19-16(20)14-2-1-9-17(14)10-13-7-8-15(23-13)11-3-5-12(6-4-11)18(21)22/h3-8,14H,1-2,9-10H2,(H,19,20)/t14-/m0/s1. The molecule has 1 aromatic carbocycles. The summed E-state index contributed by atoms with van der Waals surface area (Å²) in [6.07, 6.45) is 1.62. The fraction of sp³-hybridized carbons (Fsp3) is 0.312. The number of benzene rings is 1. The van der Waals surface area contributed by atoms with Crippen LogP contribution >= 0.6 is 11.3 Å². The zero-order valence-electron chi connectivity index (χ0n) is 12.3. The highest BCUT2D eigenvalue weighted by molar-refractivity contribution is 7.15. The fourth-order valence-corrected chi connectivity index (χ4v) is 3.90. The Kier molecular flexibility index (Phi) is 4.40. The molecule has 0 amide bonds. The molecule has 1 aliphatic heterocycles. The zero-order chi connectivity index (χ0) is 16.4. The van der Waals surface area contributed by atoms with Crippen molar-refractivity contribution < 1.29 is 14.8 Å². The van der Waals surface area contributed by atoms with Gasteiger partial charge in [0.2, 0.25) is 0 Å². The Morgan fingerprint density at radius 2 is 2.04 bits per heavy atom. The molecule has 2 aromatic rings. The lowest BCUT2D eigenvalue weighted by Gasteiger charge is -2.19. The first kappa shape index (κ1) is 15.6. The van der Waals surface area contributed by atoms with Gasteiger partial charge in [-0.3, -0.25) is 19.8 Å². The Bertz CT molecular complexity index is 726. The summed E-state index contributed by atoms with van der Waals surface area (Å²) in [7, 11) is 0. The van der Waals surface area contributed by atoms with Gasteiger partial charge in [0.1, 0.15) is 6.04 Å². The van der Waals surface area contributed by atoms with Crippen molar-refractivity contribution in [3.63, 3.8) is 0 Å². The summed E-state index contributed by atoms with van der Waals surface area (Å²) >= 11 is 1.60. The van der Waals surface area contributed by atoms with E-state index in [9.17, 15) is 20.0 Å². The molecular weight excluding hydrogens is 316 g/mol. The predicted molar refractivity (Wildman–Crippen MR) is 87.5 cm³/mol. The lowest BCUT2D eigenvalue weighted by atomic mass is 10.2. The second kappa shape index (κ2) is 6.47. The Morgan fingerprint density at radius 1 is 1.30 bits per heavy atom. The summed E-state index contributed by atoms with van der Waals surface area (Å²) in [5.74, 6) is -0.755. The highest BCUT2D eigenvalue weighted by Crippen LogP contribution is 2.31. The van der Waals surface area contributed by atoms with Crippen LogP contribution in [0.3, 0.4) is 0 Å². The van der Waals surface area contributed by atoms with Gasteiger partial charge in [-0.25, -0.2) is 0 Å². The van der Waals surface area contributed by atoms with E-state index in [2.05, 4.69) is 0 Å². The molecule has 23 heavy (non-hydrogen) atoms. The number of aliphatic carboxylic acids is 1. The van der Waals surface area contributed by atoms with Crippen LogP contribution in [0.2, 0.25) is 0 Å². The monoisotopic (exact) mass is 332 g/mol. The smallest absolute Gasteiger partial charge is 0.320 e. The molecular formula is C16H16N2O4S. The second-order valence-corrected chi connectivity index (χ2v) is 6.71. The fourth-order valence-electron chi connectivity index (χ4n) is 2.86. The van der Waals surface area contributed by atoms with Crippen LogP contribution in [0.25, 0.3) is 10.4 Å². The van der Waals surface area contributed by atoms with Crippen LogP contribution in [0.1, 0.15) is 17.7 Å². The number of nitro benzene ring substituents is 1. The first-order chi connectivity index (χ1) is 11.0. The van der Waals surface area contributed by atoms with E-state index in [1.165, 1.54) is 12.1 Å². The number of nitrogens with zero attached hydrogens (tertiary/aromatic N) is 2. The maximum atomic E-state index is 11.2. The van der Waals surface area contributed by atoms with Crippen molar-refractivity contribution in [2.75, 3.05) is 6.54 Å². The predicted octanol–water partition coefficient (Wildman–Crippen LogP) is 3.37.